The predicted molar refractivity (Wildman–Crippen MR) is 115 cm³/mol. The third-order valence-corrected chi connectivity index (χ3v) is 20.1. The first kappa shape index (κ1) is 18.9. The average molecular weight is 509 g/mol. The summed E-state index contributed by atoms with van der Waals surface area (Å²) in [5.74, 6) is 0. The van der Waals surface area contributed by atoms with Gasteiger partial charge in [-0.3, -0.25) is 0 Å². The van der Waals surface area contributed by atoms with E-state index in [1.54, 1.807) is 0 Å². The normalized spacial score (nSPS) is 20.2. The van der Waals surface area contributed by atoms with E-state index in [4.69, 9.17) is 4.84 Å². The second-order valence-electron chi connectivity index (χ2n) is 6.67. The molecule has 3 nitrogen and oxygen atoms in total. The van der Waals surface area contributed by atoms with Crippen molar-refractivity contribution in [1.29, 1.82) is 0 Å². The molecule has 0 radical (unpaired) electrons. The number of oxime groups is 1. The summed E-state index contributed by atoms with van der Waals surface area (Å²) in [5.41, 5.74) is 3.26. The molecule has 5 heteroatoms. The molecule has 0 aliphatic carbocycles. The minimum atomic E-state index is -2.38. The van der Waals surface area contributed by atoms with Crippen molar-refractivity contribution in [3.8, 4) is 0 Å². The molecule has 1 aromatic carbocycles. The van der Waals surface area contributed by atoms with Gasteiger partial charge in [0.25, 0.3) is 0 Å². The Hall–Kier alpha value is -0.887. The number of hydrogen-bond donors (Lipinski definition) is 0. The SMILES string of the molecule is C[CH2][Ge]([CH2]C)([CH2]C)[C]1(c2ccccc2I)CC(c2ccccn2)=NO1. The molecule has 0 N–H and O–H groups in total. The topological polar surface area (TPSA) is 34.5 Å². The van der Waals surface area contributed by atoms with Crippen molar-refractivity contribution < 1.29 is 4.84 Å². The Bertz CT molecular complexity index is 753. The first-order chi connectivity index (χ1) is 12.1. The van der Waals surface area contributed by atoms with Gasteiger partial charge in [0.2, 0.25) is 0 Å². The number of benzene rings is 1. The van der Waals surface area contributed by atoms with Gasteiger partial charge < -0.3 is 0 Å². The molecule has 0 spiro atoms. The molecule has 132 valence electrons. The van der Waals surface area contributed by atoms with Crippen LogP contribution < -0.4 is 0 Å². The molecule has 1 aromatic heterocycles. The molecule has 2 heterocycles. The third-order valence-electron chi connectivity index (χ3n) is 5.88. The summed E-state index contributed by atoms with van der Waals surface area (Å²) >= 11 is 0.0780. The van der Waals surface area contributed by atoms with Crippen molar-refractivity contribution in [2.45, 2.75) is 47.4 Å². The Morgan fingerprint density at radius 1 is 1.04 bits per heavy atom. The van der Waals surface area contributed by atoms with Crippen molar-refractivity contribution in [3.63, 3.8) is 0 Å². The number of rotatable bonds is 6. The quantitative estimate of drug-likeness (QED) is 0.367. The second kappa shape index (κ2) is 7.78. The summed E-state index contributed by atoms with van der Waals surface area (Å²) < 4.78 is 1.03. The first-order valence-corrected chi connectivity index (χ1v) is 15.6. The monoisotopic (exact) mass is 510 g/mol. The van der Waals surface area contributed by atoms with Crippen LogP contribution in [0.25, 0.3) is 0 Å². The van der Waals surface area contributed by atoms with E-state index in [0.29, 0.717) is 0 Å². The summed E-state index contributed by atoms with van der Waals surface area (Å²) in [6.07, 6.45) is 2.68. The van der Waals surface area contributed by atoms with Crippen molar-refractivity contribution in [2.75, 3.05) is 0 Å². The van der Waals surface area contributed by atoms with E-state index in [2.05, 4.69) is 77.8 Å². The molecule has 0 fully saturated rings. The van der Waals surface area contributed by atoms with Crippen LogP contribution in [0, 0.1) is 3.57 Å². The van der Waals surface area contributed by atoms with E-state index in [0.717, 1.165) is 17.8 Å². The van der Waals surface area contributed by atoms with Gasteiger partial charge in [-0.2, -0.15) is 0 Å². The molecule has 1 unspecified atom stereocenters. The molecular formula is C20H25GeIN2O. The summed E-state index contributed by atoms with van der Waals surface area (Å²) in [5, 5.41) is 8.30. The van der Waals surface area contributed by atoms with Crippen LogP contribution >= 0.6 is 22.6 Å². The molecule has 1 atom stereocenters. The fourth-order valence-electron chi connectivity index (χ4n) is 4.21. The van der Waals surface area contributed by atoms with E-state index in [1.165, 1.54) is 24.9 Å². The van der Waals surface area contributed by atoms with Gasteiger partial charge in [0.05, 0.1) is 0 Å². The van der Waals surface area contributed by atoms with E-state index in [9.17, 15) is 0 Å². The van der Waals surface area contributed by atoms with E-state index < -0.39 is 13.3 Å². The van der Waals surface area contributed by atoms with Gasteiger partial charge >= 0.3 is 167 Å². The van der Waals surface area contributed by atoms with Crippen LogP contribution in [0.15, 0.2) is 53.8 Å². The van der Waals surface area contributed by atoms with E-state index in [-0.39, 0.29) is 4.43 Å². The molecule has 3 rings (SSSR count). The van der Waals surface area contributed by atoms with Gasteiger partial charge in [0, 0.05) is 0 Å². The molecule has 25 heavy (non-hydrogen) atoms. The van der Waals surface area contributed by atoms with Gasteiger partial charge in [-0.05, 0) is 0 Å². The zero-order chi connectivity index (χ0) is 17.9. The molecule has 0 bridgehead atoms. The Labute approximate surface area is 166 Å². The van der Waals surface area contributed by atoms with Crippen LogP contribution in [0.1, 0.15) is 38.4 Å². The van der Waals surface area contributed by atoms with Gasteiger partial charge in [-0.15, -0.1) is 0 Å². The van der Waals surface area contributed by atoms with Crippen molar-refractivity contribution in [2.24, 2.45) is 5.16 Å². The summed E-state index contributed by atoms with van der Waals surface area (Å²) in [4.78, 5) is 10.9. The second-order valence-corrected chi connectivity index (χ2v) is 19.3. The molecule has 0 saturated heterocycles. The van der Waals surface area contributed by atoms with Crippen LogP contribution in [0.3, 0.4) is 0 Å². The molecule has 0 amide bonds. The van der Waals surface area contributed by atoms with Crippen molar-refractivity contribution in [3.05, 3.63) is 63.5 Å². The van der Waals surface area contributed by atoms with Gasteiger partial charge in [0.1, 0.15) is 0 Å². The minimum absolute atomic E-state index is 0.247. The van der Waals surface area contributed by atoms with Crippen LogP contribution in [-0.2, 0) is 9.27 Å². The zero-order valence-corrected chi connectivity index (χ0v) is 19.4. The Balaban J connectivity index is 2.12. The van der Waals surface area contributed by atoms with Crippen LogP contribution in [0.4, 0.5) is 0 Å². The van der Waals surface area contributed by atoms with E-state index in [1.807, 2.05) is 24.4 Å². The summed E-state index contributed by atoms with van der Waals surface area (Å²) in [6.45, 7) is 7.06. The van der Waals surface area contributed by atoms with Gasteiger partial charge in [-0.25, -0.2) is 0 Å². The fourth-order valence-corrected chi connectivity index (χ4v) is 15.6. The van der Waals surface area contributed by atoms with Crippen LogP contribution in [-0.4, -0.2) is 24.0 Å². The van der Waals surface area contributed by atoms with Crippen molar-refractivity contribution in [1.82, 2.24) is 4.98 Å². The molecular weight excluding hydrogens is 484 g/mol. The Kier molecular flexibility index (Phi) is 5.88. The first-order valence-electron chi connectivity index (χ1n) is 9.04. The Morgan fingerprint density at radius 2 is 1.72 bits per heavy atom. The molecule has 1 aliphatic rings. The van der Waals surface area contributed by atoms with Crippen molar-refractivity contribution >= 4 is 41.6 Å². The van der Waals surface area contributed by atoms with Crippen LogP contribution in [0.5, 0.6) is 0 Å². The zero-order valence-electron chi connectivity index (χ0n) is 15.1. The number of halogens is 1. The molecule has 1 aliphatic heterocycles. The number of aromatic nitrogens is 1. The third kappa shape index (κ3) is 3.16. The number of pyridine rings is 1. The molecule has 2 aromatic rings. The summed E-state index contributed by atoms with van der Waals surface area (Å²) in [6, 6.07) is 14.7. The van der Waals surface area contributed by atoms with Gasteiger partial charge in [-0.1, -0.05) is 0 Å². The van der Waals surface area contributed by atoms with Gasteiger partial charge in [0.15, 0.2) is 0 Å². The maximum atomic E-state index is 6.44. The average Bonchev–Trinajstić information content (AvgIpc) is 3.11. The maximum absolute atomic E-state index is 6.44. The molecule has 0 saturated carbocycles. The Morgan fingerprint density at radius 3 is 2.32 bits per heavy atom. The number of hydrogen-bond acceptors (Lipinski definition) is 3. The predicted octanol–water partition coefficient (Wildman–Crippen LogP) is 5.75. The number of nitrogens with zero attached hydrogens (tertiary/aromatic N) is 2. The standard InChI is InChI=1S/C20H25GeIN2O/c1-4-21(5-2,6-3)20(16-11-7-8-12-17(16)22)15-19(24-25-20)18-13-9-10-14-23-18/h7-14H,4-6,15H2,1-3H3. The fraction of sp³-hybridized carbons (Fsp3) is 0.400. The van der Waals surface area contributed by atoms with Crippen LogP contribution in [0.2, 0.25) is 15.8 Å². The van der Waals surface area contributed by atoms with E-state index >= 15 is 0 Å². The summed E-state index contributed by atoms with van der Waals surface area (Å²) in [7, 11) is 0.